The summed E-state index contributed by atoms with van der Waals surface area (Å²) in [6.07, 6.45) is -2.57. The Hall–Kier alpha value is -2.73. The molecule has 10 N–H and O–H groups in total. The van der Waals surface area contributed by atoms with Crippen LogP contribution >= 0.6 is 0 Å². The first-order chi connectivity index (χ1) is 11.0. The third kappa shape index (κ3) is 7.51. The molecule has 0 bridgehead atoms. The van der Waals surface area contributed by atoms with Crippen LogP contribution < -0.4 is 27.8 Å². The number of nitrogens with one attached hydrogen (secondary N) is 2. The largest absolute Gasteiger partial charge is 0.480 e. The average molecular weight is 347 g/mol. The van der Waals surface area contributed by atoms with E-state index in [0.717, 1.165) is 0 Å². The number of primary amides is 2. The topological polar surface area (TPSA) is 228 Å². The van der Waals surface area contributed by atoms with E-state index in [0.29, 0.717) is 0 Å². The summed E-state index contributed by atoms with van der Waals surface area (Å²) in [6.45, 7) is 1.24. The highest BCUT2D eigenvalue weighted by molar-refractivity contribution is 5.95. The highest BCUT2D eigenvalue weighted by Gasteiger charge is 2.30. The minimum Gasteiger partial charge on any atom is -0.480 e. The summed E-state index contributed by atoms with van der Waals surface area (Å²) < 4.78 is 0. The minimum atomic E-state index is -1.65. The summed E-state index contributed by atoms with van der Waals surface area (Å²) in [7, 11) is 0. The summed E-state index contributed by atoms with van der Waals surface area (Å²) in [5, 5.41) is 22.2. The van der Waals surface area contributed by atoms with Gasteiger partial charge in [0.2, 0.25) is 23.6 Å². The van der Waals surface area contributed by atoms with Gasteiger partial charge in [0.05, 0.1) is 18.9 Å². The maximum Gasteiger partial charge on any atom is 0.326 e. The molecule has 4 atom stereocenters. The molecule has 0 aliphatic heterocycles. The summed E-state index contributed by atoms with van der Waals surface area (Å²) in [5.41, 5.74) is 15.2. The number of carboxylic acids is 1. The lowest BCUT2D eigenvalue weighted by atomic mass is 10.1. The lowest BCUT2D eigenvalue weighted by molar-refractivity contribution is -0.144. The van der Waals surface area contributed by atoms with Crippen molar-refractivity contribution in [1.29, 1.82) is 0 Å². The zero-order valence-corrected chi connectivity index (χ0v) is 12.9. The van der Waals surface area contributed by atoms with E-state index in [4.69, 9.17) is 22.3 Å². The zero-order valence-electron chi connectivity index (χ0n) is 12.9. The van der Waals surface area contributed by atoms with Gasteiger partial charge in [-0.15, -0.1) is 0 Å². The molecule has 0 unspecified atom stereocenters. The van der Waals surface area contributed by atoms with Gasteiger partial charge in [0.1, 0.15) is 18.1 Å². The summed E-state index contributed by atoms with van der Waals surface area (Å²) >= 11 is 0. The van der Waals surface area contributed by atoms with Crippen molar-refractivity contribution in [2.45, 2.75) is 44.0 Å². The van der Waals surface area contributed by atoms with Crippen molar-refractivity contribution in [1.82, 2.24) is 10.6 Å². The lowest BCUT2D eigenvalue weighted by Crippen LogP contribution is -2.57. The van der Waals surface area contributed by atoms with Crippen LogP contribution in [0.15, 0.2) is 0 Å². The number of aliphatic carboxylic acids is 1. The maximum atomic E-state index is 12.1. The number of rotatable bonds is 10. The normalized spacial score (nSPS) is 15.5. The van der Waals surface area contributed by atoms with Crippen LogP contribution in [0.3, 0.4) is 0 Å². The van der Waals surface area contributed by atoms with Crippen molar-refractivity contribution in [3.63, 3.8) is 0 Å². The van der Waals surface area contributed by atoms with Crippen molar-refractivity contribution < 1.29 is 34.2 Å². The molecule has 0 fully saturated rings. The molecule has 12 nitrogen and oxygen atoms in total. The molecule has 0 heterocycles. The number of aliphatic hydroxyl groups excluding tert-OH is 1. The van der Waals surface area contributed by atoms with E-state index in [1.165, 1.54) is 6.92 Å². The summed E-state index contributed by atoms with van der Waals surface area (Å²) in [5.74, 6) is -5.49. The predicted molar refractivity (Wildman–Crippen MR) is 78.8 cm³/mol. The molecule has 0 aromatic carbocycles. The molecule has 0 aliphatic rings. The molecule has 0 aliphatic carbocycles. The van der Waals surface area contributed by atoms with Crippen LogP contribution in [-0.4, -0.2) is 64.0 Å². The van der Waals surface area contributed by atoms with Crippen LogP contribution in [0.1, 0.15) is 19.8 Å². The number of hydrogen-bond donors (Lipinski definition) is 7. The predicted octanol–water partition coefficient (Wildman–Crippen LogP) is -4.50. The average Bonchev–Trinajstić information content (AvgIpc) is 2.43. The van der Waals surface area contributed by atoms with Gasteiger partial charge in [-0.3, -0.25) is 19.2 Å². The molecule has 0 radical (unpaired) electrons. The van der Waals surface area contributed by atoms with Crippen LogP contribution in [0.25, 0.3) is 0 Å². The Morgan fingerprint density at radius 3 is 1.71 bits per heavy atom. The number of carbonyl (C=O) groups is 5. The second-order valence-corrected chi connectivity index (χ2v) is 5.07. The number of hydrogen-bond acceptors (Lipinski definition) is 7. The second kappa shape index (κ2) is 9.42. The number of carbonyl (C=O) groups excluding carboxylic acids is 4. The van der Waals surface area contributed by atoms with Gasteiger partial charge in [-0.2, -0.15) is 0 Å². The van der Waals surface area contributed by atoms with Crippen LogP contribution in [0.5, 0.6) is 0 Å². The van der Waals surface area contributed by atoms with Crippen molar-refractivity contribution in [3.8, 4) is 0 Å². The standard InChI is InChI=1S/C12H21N5O7/c1-4(18)9(15)11(22)16-5(2-7(13)19)10(21)17-6(12(23)24)3-8(14)20/h4-6,9,18H,2-3,15H2,1H3,(H2,13,19)(H2,14,20)(H,16,22)(H,17,21)(H,23,24)/t4-,5+,6+,9+/m1/s1. The monoisotopic (exact) mass is 347 g/mol. The zero-order chi connectivity index (χ0) is 19.0. The van der Waals surface area contributed by atoms with E-state index in [1.807, 2.05) is 5.32 Å². The first-order valence-corrected chi connectivity index (χ1v) is 6.79. The van der Waals surface area contributed by atoms with Gasteiger partial charge in [-0.25, -0.2) is 4.79 Å². The molecular formula is C12H21N5O7. The van der Waals surface area contributed by atoms with Crippen molar-refractivity contribution in [2.75, 3.05) is 0 Å². The van der Waals surface area contributed by atoms with E-state index < -0.39 is 66.7 Å². The van der Waals surface area contributed by atoms with Gasteiger partial charge < -0.3 is 38.0 Å². The van der Waals surface area contributed by atoms with E-state index in [1.54, 1.807) is 0 Å². The van der Waals surface area contributed by atoms with E-state index in [9.17, 15) is 29.1 Å². The van der Waals surface area contributed by atoms with E-state index in [2.05, 4.69) is 5.32 Å². The highest BCUT2D eigenvalue weighted by Crippen LogP contribution is 1.99. The fourth-order valence-corrected chi connectivity index (χ4v) is 1.57. The Labute approximate surface area is 136 Å². The maximum absolute atomic E-state index is 12.1. The molecule has 0 rings (SSSR count). The van der Waals surface area contributed by atoms with Gasteiger partial charge >= 0.3 is 5.97 Å². The Kier molecular flexibility index (Phi) is 8.35. The highest BCUT2D eigenvalue weighted by atomic mass is 16.4. The first kappa shape index (κ1) is 21.3. The van der Waals surface area contributed by atoms with E-state index >= 15 is 0 Å². The smallest absolute Gasteiger partial charge is 0.326 e. The van der Waals surface area contributed by atoms with Crippen molar-refractivity contribution >= 4 is 29.6 Å². The number of nitrogens with two attached hydrogens (primary N) is 3. The van der Waals surface area contributed by atoms with Gasteiger partial charge in [0.15, 0.2) is 0 Å². The van der Waals surface area contributed by atoms with Gasteiger partial charge in [0, 0.05) is 0 Å². The second-order valence-electron chi connectivity index (χ2n) is 5.07. The summed E-state index contributed by atoms with van der Waals surface area (Å²) in [4.78, 5) is 56.6. The van der Waals surface area contributed by atoms with Crippen molar-refractivity contribution in [2.24, 2.45) is 17.2 Å². The Bertz CT molecular complexity index is 522. The van der Waals surface area contributed by atoms with E-state index in [-0.39, 0.29) is 0 Å². The van der Waals surface area contributed by atoms with Crippen LogP contribution in [-0.2, 0) is 24.0 Å². The van der Waals surface area contributed by atoms with Gasteiger partial charge in [-0.05, 0) is 6.92 Å². The molecule has 0 spiro atoms. The fourth-order valence-electron chi connectivity index (χ4n) is 1.57. The van der Waals surface area contributed by atoms with Crippen LogP contribution in [0.4, 0.5) is 0 Å². The van der Waals surface area contributed by atoms with Crippen LogP contribution in [0, 0.1) is 0 Å². The molecule has 136 valence electrons. The molecule has 0 saturated heterocycles. The molecule has 0 aromatic heterocycles. The number of aliphatic hydroxyl groups is 1. The Morgan fingerprint density at radius 2 is 1.33 bits per heavy atom. The van der Waals surface area contributed by atoms with Gasteiger partial charge in [-0.1, -0.05) is 0 Å². The Morgan fingerprint density at radius 1 is 0.917 bits per heavy atom. The number of carboxylic acid groups (broad SMARTS) is 1. The molecule has 0 saturated carbocycles. The Balaban J connectivity index is 5.11. The SMILES string of the molecule is C[C@@H](O)[C@H](N)C(=O)N[C@@H](CC(N)=O)C(=O)N[C@@H](CC(N)=O)C(=O)O. The van der Waals surface area contributed by atoms with Crippen LogP contribution in [0.2, 0.25) is 0 Å². The molecule has 12 heteroatoms. The third-order valence-electron chi connectivity index (χ3n) is 2.88. The molecule has 0 aromatic rings. The number of amides is 4. The first-order valence-electron chi connectivity index (χ1n) is 6.79. The van der Waals surface area contributed by atoms with Crippen molar-refractivity contribution in [3.05, 3.63) is 0 Å². The third-order valence-corrected chi connectivity index (χ3v) is 2.88. The fraction of sp³-hybridized carbons (Fsp3) is 0.583. The summed E-state index contributed by atoms with van der Waals surface area (Å²) in [6, 6.07) is -4.56. The molecular weight excluding hydrogens is 326 g/mol. The van der Waals surface area contributed by atoms with Gasteiger partial charge in [0.25, 0.3) is 0 Å². The molecule has 4 amide bonds. The molecule has 24 heavy (non-hydrogen) atoms. The minimum absolute atomic E-state index is 0.646. The lowest BCUT2D eigenvalue weighted by Gasteiger charge is -2.22. The quantitative estimate of drug-likeness (QED) is 0.203.